The molecule has 2 N–H and O–H groups in total. The molecule has 0 saturated heterocycles. The molecule has 5 nitrogen and oxygen atoms in total. The largest absolute Gasteiger partial charge is 0.482 e. The van der Waals surface area contributed by atoms with Crippen molar-refractivity contribution in [3.05, 3.63) is 23.8 Å². The minimum atomic E-state index is -0.169. The standard InChI is InChI=1S/C19H26N2O3/c1-12(2)13-4-3-5-15(8-6-13)20-19(23)14-7-9-16-17(10-14)24-11-18(22)21-16/h7,9-10,12-13,15H,3-6,8,11H2,1-2H3,(H,20,23)(H,21,22)/t13-,15-/m1/s1. The highest BCUT2D eigenvalue weighted by molar-refractivity contribution is 5.99. The predicted octanol–water partition coefficient (Wildman–Crippen LogP) is 3.35. The number of hydrogen-bond donors (Lipinski definition) is 2. The van der Waals surface area contributed by atoms with Gasteiger partial charge in [0.2, 0.25) is 0 Å². The van der Waals surface area contributed by atoms with E-state index < -0.39 is 0 Å². The minimum absolute atomic E-state index is 0.00269. The van der Waals surface area contributed by atoms with Crippen molar-refractivity contribution in [3.63, 3.8) is 0 Å². The van der Waals surface area contributed by atoms with Crippen LogP contribution in [0.2, 0.25) is 0 Å². The average molecular weight is 330 g/mol. The topological polar surface area (TPSA) is 67.4 Å². The van der Waals surface area contributed by atoms with Crippen LogP contribution in [0.4, 0.5) is 5.69 Å². The Morgan fingerprint density at radius 3 is 2.88 bits per heavy atom. The lowest BCUT2D eigenvalue weighted by atomic mass is 9.89. The van der Waals surface area contributed by atoms with Gasteiger partial charge in [-0.15, -0.1) is 0 Å². The maximum Gasteiger partial charge on any atom is 0.262 e. The Morgan fingerprint density at radius 1 is 1.25 bits per heavy atom. The Kier molecular flexibility index (Phi) is 5.07. The highest BCUT2D eigenvalue weighted by Gasteiger charge is 2.23. The van der Waals surface area contributed by atoms with Crippen LogP contribution in [0.1, 0.15) is 56.3 Å². The first-order valence-electron chi connectivity index (χ1n) is 8.90. The van der Waals surface area contributed by atoms with Crippen LogP contribution in [0, 0.1) is 11.8 Å². The lowest BCUT2D eigenvalue weighted by Crippen LogP contribution is -2.34. The lowest BCUT2D eigenvalue weighted by Gasteiger charge is -2.20. The molecule has 3 rings (SSSR count). The minimum Gasteiger partial charge on any atom is -0.482 e. The number of benzene rings is 1. The lowest BCUT2D eigenvalue weighted by molar-refractivity contribution is -0.118. The Labute approximate surface area is 143 Å². The zero-order valence-electron chi connectivity index (χ0n) is 14.4. The molecule has 1 saturated carbocycles. The zero-order chi connectivity index (χ0) is 17.1. The number of ether oxygens (including phenoxy) is 1. The maximum absolute atomic E-state index is 12.5. The summed E-state index contributed by atoms with van der Waals surface area (Å²) in [6.07, 6.45) is 5.71. The third kappa shape index (κ3) is 3.89. The van der Waals surface area contributed by atoms with Gasteiger partial charge in [0.05, 0.1) is 5.69 Å². The Bertz CT molecular complexity index is 627. The van der Waals surface area contributed by atoms with Crippen LogP contribution in [0.15, 0.2) is 18.2 Å². The number of hydrogen-bond acceptors (Lipinski definition) is 3. The third-order valence-electron chi connectivity index (χ3n) is 5.17. The first-order chi connectivity index (χ1) is 11.5. The van der Waals surface area contributed by atoms with Gasteiger partial charge in [-0.2, -0.15) is 0 Å². The molecule has 1 aliphatic carbocycles. The van der Waals surface area contributed by atoms with Crippen molar-refractivity contribution in [1.29, 1.82) is 0 Å². The van der Waals surface area contributed by atoms with Gasteiger partial charge in [0.1, 0.15) is 5.75 Å². The van der Waals surface area contributed by atoms with Crippen molar-refractivity contribution in [1.82, 2.24) is 5.32 Å². The smallest absolute Gasteiger partial charge is 0.262 e. The predicted molar refractivity (Wildman–Crippen MR) is 93.2 cm³/mol. The number of carbonyl (C=O) groups excluding carboxylic acids is 2. The number of rotatable bonds is 3. The van der Waals surface area contributed by atoms with Gasteiger partial charge >= 0.3 is 0 Å². The molecule has 2 amide bonds. The van der Waals surface area contributed by atoms with Crippen LogP contribution in [-0.4, -0.2) is 24.5 Å². The summed E-state index contributed by atoms with van der Waals surface area (Å²) in [5, 5.41) is 5.90. The van der Waals surface area contributed by atoms with E-state index in [0.29, 0.717) is 22.9 Å². The second-order valence-corrected chi connectivity index (χ2v) is 7.23. The maximum atomic E-state index is 12.5. The summed E-state index contributed by atoms with van der Waals surface area (Å²) in [5.41, 5.74) is 1.20. The highest BCUT2D eigenvalue weighted by Crippen LogP contribution is 2.30. The van der Waals surface area contributed by atoms with Gasteiger partial charge in [-0.1, -0.05) is 26.7 Å². The van der Waals surface area contributed by atoms with Crippen molar-refractivity contribution in [3.8, 4) is 5.75 Å². The van der Waals surface area contributed by atoms with Gasteiger partial charge in [0.25, 0.3) is 11.8 Å². The van der Waals surface area contributed by atoms with E-state index >= 15 is 0 Å². The number of nitrogens with one attached hydrogen (secondary N) is 2. The van der Waals surface area contributed by atoms with E-state index in [1.54, 1.807) is 18.2 Å². The summed E-state index contributed by atoms with van der Waals surface area (Å²) < 4.78 is 5.38. The van der Waals surface area contributed by atoms with Crippen molar-refractivity contribution in [2.45, 2.75) is 52.0 Å². The summed E-state index contributed by atoms with van der Waals surface area (Å²) >= 11 is 0. The van der Waals surface area contributed by atoms with Crippen molar-refractivity contribution < 1.29 is 14.3 Å². The molecule has 1 aliphatic heterocycles. The fourth-order valence-electron chi connectivity index (χ4n) is 3.63. The summed E-state index contributed by atoms with van der Waals surface area (Å²) in [7, 11) is 0. The fraction of sp³-hybridized carbons (Fsp3) is 0.579. The van der Waals surface area contributed by atoms with Gasteiger partial charge in [-0.05, 0) is 49.3 Å². The van der Waals surface area contributed by atoms with E-state index in [2.05, 4.69) is 24.5 Å². The third-order valence-corrected chi connectivity index (χ3v) is 5.17. The molecule has 1 fully saturated rings. The number of anilines is 1. The molecule has 1 aromatic carbocycles. The quantitative estimate of drug-likeness (QED) is 0.835. The number of fused-ring (bicyclic) bond motifs is 1. The average Bonchev–Trinajstić information content (AvgIpc) is 2.80. The summed E-state index contributed by atoms with van der Waals surface area (Å²) in [6.45, 7) is 4.57. The molecule has 0 unspecified atom stereocenters. The van der Waals surface area contributed by atoms with E-state index in [9.17, 15) is 9.59 Å². The fourth-order valence-corrected chi connectivity index (χ4v) is 3.63. The van der Waals surface area contributed by atoms with E-state index in [0.717, 1.165) is 18.8 Å². The molecule has 5 heteroatoms. The molecule has 130 valence electrons. The van der Waals surface area contributed by atoms with Crippen LogP contribution in [-0.2, 0) is 4.79 Å². The highest BCUT2D eigenvalue weighted by atomic mass is 16.5. The first-order valence-corrected chi connectivity index (χ1v) is 8.90. The van der Waals surface area contributed by atoms with E-state index in [-0.39, 0.29) is 24.5 Å². The van der Waals surface area contributed by atoms with Crippen LogP contribution in [0.25, 0.3) is 0 Å². The molecule has 1 aromatic rings. The van der Waals surface area contributed by atoms with E-state index in [1.165, 1.54) is 19.3 Å². The van der Waals surface area contributed by atoms with Gasteiger partial charge < -0.3 is 15.4 Å². The summed E-state index contributed by atoms with van der Waals surface area (Å²) in [6, 6.07) is 5.41. The van der Waals surface area contributed by atoms with Crippen LogP contribution in [0.5, 0.6) is 5.75 Å². The molecule has 0 aromatic heterocycles. The van der Waals surface area contributed by atoms with Crippen LogP contribution < -0.4 is 15.4 Å². The molecular formula is C19H26N2O3. The second-order valence-electron chi connectivity index (χ2n) is 7.23. The van der Waals surface area contributed by atoms with Crippen LogP contribution in [0.3, 0.4) is 0 Å². The Hall–Kier alpha value is -2.04. The first kappa shape index (κ1) is 16.8. The molecule has 24 heavy (non-hydrogen) atoms. The zero-order valence-corrected chi connectivity index (χ0v) is 14.4. The van der Waals surface area contributed by atoms with Crippen molar-refractivity contribution >= 4 is 17.5 Å². The van der Waals surface area contributed by atoms with Gasteiger partial charge in [0, 0.05) is 11.6 Å². The summed E-state index contributed by atoms with van der Waals surface area (Å²) in [4.78, 5) is 23.8. The van der Waals surface area contributed by atoms with Gasteiger partial charge in [0.15, 0.2) is 6.61 Å². The Balaban J connectivity index is 1.62. The molecule has 2 aliphatic rings. The van der Waals surface area contributed by atoms with E-state index in [1.807, 2.05) is 0 Å². The monoisotopic (exact) mass is 330 g/mol. The molecule has 2 atom stereocenters. The molecule has 0 radical (unpaired) electrons. The van der Waals surface area contributed by atoms with Gasteiger partial charge in [-0.3, -0.25) is 9.59 Å². The van der Waals surface area contributed by atoms with Gasteiger partial charge in [-0.25, -0.2) is 0 Å². The van der Waals surface area contributed by atoms with Crippen LogP contribution >= 0.6 is 0 Å². The Morgan fingerprint density at radius 2 is 2.08 bits per heavy atom. The molecule has 0 bridgehead atoms. The number of amides is 2. The second kappa shape index (κ2) is 7.24. The number of carbonyl (C=O) groups is 2. The molecule has 1 heterocycles. The SMILES string of the molecule is CC(C)[C@@H]1CCC[C@@H](NC(=O)c2ccc3c(c2)OCC(=O)N3)CC1. The normalized spacial score (nSPS) is 23.7. The van der Waals surface area contributed by atoms with Crippen molar-refractivity contribution in [2.24, 2.45) is 11.8 Å². The van der Waals surface area contributed by atoms with E-state index in [4.69, 9.17) is 4.74 Å². The molecule has 0 spiro atoms. The summed E-state index contributed by atoms with van der Waals surface area (Å²) in [5.74, 6) is 1.81. The molecular weight excluding hydrogens is 304 g/mol. The van der Waals surface area contributed by atoms with Crippen molar-refractivity contribution in [2.75, 3.05) is 11.9 Å².